The van der Waals surface area contributed by atoms with Gasteiger partial charge in [0.15, 0.2) is 0 Å². The lowest BCUT2D eigenvalue weighted by molar-refractivity contribution is -0.135. The van der Waals surface area contributed by atoms with E-state index < -0.39 is 0 Å². The van der Waals surface area contributed by atoms with Gasteiger partial charge in [-0.05, 0) is 20.0 Å². The minimum atomic E-state index is 0.261. The highest BCUT2D eigenvalue weighted by Gasteiger charge is 2.18. The second-order valence-corrected chi connectivity index (χ2v) is 5.56. The van der Waals surface area contributed by atoms with Crippen LogP contribution in [0.2, 0.25) is 0 Å². The minimum Gasteiger partial charge on any atom is -0.378 e. The number of hydrogen-bond acceptors (Lipinski definition) is 5. The fourth-order valence-electron chi connectivity index (χ4n) is 2.65. The summed E-state index contributed by atoms with van der Waals surface area (Å²) >= 11 is 0. The summed E-state index contributed by atoms with van der Waals surface area (Å²) in [6.45, 7) is 7.40. The number of rotatable bonds is 6. The monoisotopic (exact) mass is 285 g/mol. The molecule has 1 atom stereocenters. The van der Waals surface area contributed by atoms with Gasteiger partial charge >= 0.3 is 0 Å². The first-order valence-electron chi connectivity index (χ1n) is 7.62. The van der Waals surface area contributed by atoms with Gasteiger partial charge < -0.3 is 24.6 Å². The van der Waals surface area contributed by atoms with E-state index in [2.05, 4.69) is 17.3 Å². The van der Waals surface area contributed by atoms with Gasteiger partial charge in [-0.25, -0.2) is 0 Å². The summed E-state index contributed by atoms with van der Waals surface area (Å²) < 4.78 is 10.9. The molecule has 1 N–H and O–H groups in total. The Morgan fingerprint density at radius 3 is 2.85 bits per heavy atom. The average Bonchev–Trinajstić information content (AvgIpc) is 2.49. The Morgan fingerprint density at radius 2 is 2.15 bits per heavy atom. The fourth-order valence-corrected chi connectivity index (χ4v) is 2.65. The molecule has 0 spiro atoms. The molecule has 2 aliphatic heterocycles. The summed E-state index contributed by atoms with van der Waals surface area (Å²) in [5.41, 5.74) is 0. The van der Waals surface area contributed by atoms with Crippen molar-refractivity contribution in [2.75, 3.05) is 66.1 Å². The fraction of sp³-hybridized carbons (Fsp3) is 0.929. The molecule has 0 aromatic rings. The van der Waals surface area contributed by atoms with E-state index in [4.69, 9.17) is 9.47 Å². The maximum atomic E-state index is 12.0. The topological polar surface area (TPSA) is 54.0 Å². The maximum Gasteiger partial charge on any atom is 0.222 e. The molecule has 1 unspecified atom stereocenters. The van der Waals surface area contributed by atoms with Crippen LogP contribution in [0.5, 0.6) is 0 Å². The highest BCUT2D eigenvalue weighted by atomic mass is 16.5. The number of nitrogens with one attached hydrogen (secondary N) is 1. The Balaban J connectivity index is 1.56. The molecule has 0 radical (unpaired) electrons. The zero-order valence-electron chi connectivity index (χ0n) is 12.5. The highest BCUT2D eigenvalue weighted by Crippen LogP contribution is 2.04. The summed E-state index contributed by atoms with van der Waals surface area (Å²) in [6.07, 6.45) is 1.82. The standard InChI is InChI=1S/C14H27N3O3/c1-16(12-13-11-15-4-8-20-13)5-2-3-14(18)17-6-9-19-10-7-17/h13,15H,2-12H2,1H3. The summed E-state index contributed by atoms with van der Waals surface area (Å²) in [7, 11) is 2.09. The number of hydrogen-bond donors (Lipinski definition) is 1. The lowest BCUT2D eigenvalue weighted by Crippen LogP contribution is -2.44. The van der Waals surface area contributed by atoms with E-state index in [0.717, 1.165) is 52.3 Å². The van der Waals surface area contributed by atoms with Crippen LogP contribution >= 0.6 is 0 Å². The Labute approximate surface area is 121 Å². The van der Waals surface area contributed by atoms with Crippen molar-refractivity contribution in [3.05, 3.63) is 0 Å². The quantitative estimate of drug-likeness (QED) is 0.716. The van der Waals surface area contributed by atoms with Crippen molar-refractivity contribution in [2.24, 2.45) is 0 Å². The van der Waals surface area contributed by atoms with E-state index in [9.17, 15) is 4.79 Å². The third-order valence-corrected chi connectivity index (χ3v) is 3.81. The normalized spacial score (nSPS) is 24.1. The molecule has 116 valence electrons. The van der Waals surface area contributed by atoms with Crippen LogP contribution in [0.15, 0.2) is 0 Å². The van der Waals surface area contributed by atoms with Crippen LogP contribution in [0.25, 0.3) is 0 Å². The summed E-state index contributed by atoms with van der Waals surface area (Å²) in [5, 5.41) is 3.33. The van der Waals surface area contributed by atoms with Crippen LogP contribution in [-0.2, 0) is 14.3 Å². The molecule has 20 heavy (non-hydrogen) atoms. The zero-order chi connectivity index (χ0) is 14.2. The van der Waals surface area contributed by atoms with Gasteiger partial charge in [0.2, 0.25) is 5.91 Å². The minimum absolute atomic E-state index is 0.261. The second-order valence-electron chi connectivity index (χ2n) is 5.56. The number of amides is 1. The lowest BCUT2D eigenvalue weighted by Gasteiger charge is -2.29. The summed E-state index contributed by atoms with van der Waals surface area (Å²) in [5.74, 6) is 0.261. The number of ether oxygens (including phenoxy) is 2. The van der Waals surface area contributed by atoms with Gasteiger partial charge in [-0.3, -0.25) is 4.79 Å². The first-order valence-corrected chi connectivity index (χ1v) is 7.62. The number of morpholine rings is 2. The number of likely N-dealkylation sites (N-methyl/N-ethyl adjacent to an activating group) is 1. The zero-order valence-corrected chi connectivity index (χ0v) is 12.5. The molecule has 6 heteroatoms. The van der Waals surface area contributed by atoms with Crippen molar-refractivity contribution in [3.63, 3.8) is 0 Å². The van der Waals surface area contributed by atoms with Gasteiger partial charge in [0, 0.05) is 39.1 Å². The molecule has 0 saturated carbocycles. The molecule has 0 aliphatic carbocycles. The average molecular weight is 285 g/mol. The van der Waals surface area contributed by atoms with Crippen molar-refractivity contribution < 1.29 is 14.3 Å². The first-order chi connectivity index (χ1) is 9.75. The molecule has 2 saturated heterocycles. The van der Waals surface area contributed by atoms with Crippen LogP contribution in [0, 0.1) is 0 Å². The van der Waals surface area contributed by atoms with E-state index in [0.29, 0.717) is 19.6 Å². The molecule has 2 rings (SSSR count). The van der Waals surface area contributed by atoms with Crippen molar-refractivity contribution in [2.45, 2.75) is 18.9 Å². The Morgan fingerprint density at radius 1 is 1.35 bits per heavy atom. The molecule has 2 fully saturated rings. The SMILES string of the molecule is CN(CCCC(=O)N1CCOCC1)CC1CNCCO1. The largest absolute Gasteiger partial charge is 0.378 e. The first kappa shape index (κ1) is 15.7. The third-order valence-electron chi connectivity index (χ3n) is 3.81. The van der Waals surface area contributed by atoms with Crippen LogP contribution in [0.3, 0.4) is 0 Å². The van der Waals surface area contributed by atoms with Gasteiger partial charge in [-0.2, -0.15) is 0 Å². The lowest BCUT2D eigenvalue weighted by atomic mass is 10.2. The van der Waals surface area contributed by atoms with E-state index >= 15 is 0 Å². The van der Waals surface area contributed by atoms with Gasteiger partial charge in [0.25, 0.3) is 0 Å². The van der Waals surface area contributed by atoms with Crippen molar-refractivity contribution in [1.29, 1.82) is 0 Å². The van der Waals surface area contributed by atoms with Crippen molar-refractivity contribution in [3.8, 4) is 0 Å². The Kier molecular flexibility index (Phi) is 6.72. The van der Waals surface area contributed by atoms with Gasteiger partial charge in [-0.15, -0.1) is 0 Å². The van der Waals surface area contributed by atoms with Crippen molar-refractivity contribution >= 4 is 5.91 Å². The summed E-state index contributed by atoms with van der Waals surface area (Å²) in [6, 6.07) is 0. The smallest absolute Gasteiger partial charge is 0.222 e. The van der Waals surface area contributed by atoms with Crippen LogP contribution < -0.4 is 5.32 Å². The van der Waals surface area contributed by atoms with E-state index in [1.807, 2.05) is 4.90 Å². The predicted octanol–water partition coefficient (Wildman–Crippen LogP) is -0.454. The number of carbonyl (C=O) groups is 1. The molecule has 2 heterocycles. The van der Waals surface area contributed by atoms with Gasteiger partial charge in [-0.1, -0.05) is 0 Å². The van der Waals surface area contributed by atoms with Crippen molar-refractivity contribution in [1.82, 2.24) is 15.1 Å². The molecular formula is C14H27N3O3. The van der Waals surface area contributed by atoms with E-state index in [1.165, 1.54) is 0 Å². The molecule has 0 aromatic carbocycles. The molecule has 6 nitrogen and oxygen atoms in total. The van der Waals surface area contributed by atoms with Crippen LogP contribution in [0.1, 0.15) is 12.8 Å². The molecule has 1 amide bonds. The van der Waals surface area contributed by atoms with Crippen LogP contribution in [0.4, 0.5) is 0 Å². The molecule has 0 bridgehead atoms. The number of carbonyl (C=O) groups excluding carboxylic acids is 1. The third kappa shape index (κ3) is 5.36. The molecule has 0 aromatic heterocycles. The van der Waals surface area contributed by atoms with Gasteiger partial charge in [0.05, 0.1) is 25.9 Å². The molecule has 2 aliphatic rings. The number of nitrogens with zero attached hydrogens (tertiary/aromatic N) is 2. The second kappa shape index (κ2) is 8.56. The Hall–Kier alpha value is -0.690. The maximum absolute atomic E-state index is 12.0. The highest BCUT2D eigenvalue weighted by molar-refractivity contribution is 5.76. The summed E-state index contributed by atoms with van der Waals surface area (Å²) in [4.78, 5) is 16.2. The Bertz CT molecular complexity index is 289. The van der Waals surface area contributed by atoms with E-state index in [1.54, 1.807) is 0 Å². The molecular weight excluding hydrogens is 258 g/mol. The van der Waals surface area contributed by atoms with E-state index in [-0.39, 0.29) is 12.0 Å². The van der Waals surface area contributed by atoms with Gasteiger partial charge in [0.1, 0.15) is 0 Å². The predicted molar refractivity (Wildman–Crippen MR) is 76.7 cm³/mol. The van der Waals surface area contributed by atoms with Crippen LogP contribution in [-0.4, -0.2) is 87.9 Å².